The number of nitrogens with one attached hydrogen (secondary N) is 3. The zero-order valence-electron chi connectivity index (χ0n) is 24.1. The summed E-state index contributed by atoms with van der Waals surface area (Å²) in [5, 5.41) is 19.1. The Morgan fingerprint density at radius 1 is 0.978 bits per heavy atom. The minimum absolute atomic E-state index is 0.104. The highest BCUT2D eigenvalue weighted by Gasteiger charge is 2.22. The molecule has 4 rings (SSSR count). The summed E-state index contributed by atoms with van der Waals surface area (Å²) in [6.07, 6.45) is 2.82. The van der Waals surface area contributed by atoms with E-state index >= 15 is 0 Å². The van der Waals surface area contributed by atoms with E-state index in [4.69, 9.17) is 16.3 Å². The van der Waals surface area contributed by atoms with Gasteiger partial charge in [-0.3, -0.25) is 19.7 Å². The van der Waals surface area contributed by atoms with Gasteiger partial charge in [-0.25, -0.2) is 13.6 Å². The van der Waals surface area contributed by atoms with Gasteiger partial charge in [-0.1, -0.05) is 11.6 Å². The predicted molar refractivity (Wildman–Crippen MR) is 162 cm³/mol. The van der Waals surface area contributed by atoms with E-state index in [2.05, 4.69) is 36.2 Å². The molecule has 1 atom stereocenters. The standard InChI is InChI=1S/C30H26ClF2N7O6/c1-45-28(42)10-11-46-30(44)36-24-6-4-23(5-7-24)35-29(43)25(14-18-12-21(32)16-22(33)13-18)37-27(41)9-2-19-15-20(31)3-8-26(19)40-17-34-38-39-40/h2-9,12-13,15-17,25H,10-11,14H2,1H3,(H,35,43)(H,36,44)(H,37,41)/b9-2+. The third kappa shape index (κ3) is 9.92. The van der Waals surface area contributed by atoms with Crippen molar-refractivity contribution in [3.8, 4) is 5.69 Å². The topological polar surface area (TPSA) is 166 Å². The van der Waals surface area contributed by atoms with Crippen molar-refractivity contribution in [1.82, 2.24) is 25.5 Å². The molecular formula is C30H26ClF2N7O6. The van der Waals surface area contributed by atoms with Crippen LogP contribution in [-0.2, 0) is 30.3 Å². The van der Waals surface area contributed by atoms with Crippen molar-refractivity contribution in [2.45, 2.75) is 18.9 Å². The van der Waals surface area contributed by atoms with Crippen LogP contribution in [0.25, 0.3) is 11.8 Å². The molecule has 3 aromatic carbocycles. The van der Waals surface area contributed by atoms with Crippen LogP contribution in [-0.4, -0.2) is 63.8 Å². The van der Waals surface area contributed by atoms with Crippen LogP contribution in [0, 0.1) is 11.6 Å². The van der Waals surface area contributed by atoms with Crippen molar-refractivity contribution in [2.75, 3.05) is 24.4 Å². The second-order valence-electron chi connectivity index (χ2n) is 9.49. The van der Waals surface area contributed by atoms with Gasteiger partial charge in [0, 0.05) is 40.5 Å². The molecule has 3 amide bonds. The van der Waals surface area contributed by atoms with E-state index in [0.29, 0.717) is 33.7 Å². The molecule has 1 aromatic heterocycles. The van der Waals surface area contributed by atoms with Crippen LogP contribution < -0.4 is 16.0 Å². The Labute approximate surface area is 265 Å². The molecule has 1 unspecified atom stereocenters. The van der Waals surface area contributed by atoms with E-state index in [0.717, 1.165) is 18.2 Å². The number of hydrogen-bond acceptors (Lipinski definition) is 9. The molecule has 0 bridgehead atoms. The Hall–Kier alpha value is -5.70. The molecular weight excluding hydrogens is 628 g/mol. The molecule has 0 aliphatic carbocycles. The molecule has 0 saturated heterocycles. The van der Waals surface area contributed by atoms with Gasteiger partial charge in [-0.15, -0.1) is 5.10 Å². The molecule has 1 heterocycles. The highest BCUT2D eigenvalue weighted by molar-refractivity contribution is 6.30. The summed E-state index contributed by atoms with van der Waals surface area (Å²) in [6.45, 7) is -0.177. The lowest BCUT2D eigenvalue weighted by Gasteiger charge is -2.18. The van der Waals surface area contributed by atoms with E-state index in [9.17, 15) is 28.0 Å². The maximum absolute atomic E-state index is 13.9. The number of aromatic nitrogens is 4. The van der Waals surface area contributed by atoms with Gasteiger partial charge < -0.3 is 20.1 Å². The van der Waals surface area contributed by atoms with Crippen LogP contribution >= 0.6 is 11.6 Å². The largest absolute Gasteiger partial charge is 0.469 e. The molecule has 0 radical (unpaired) electrons. The van der Waals surface area contributed by atoms with Gasteiger partial charge in [-0.2, -0.15) is 4.68 Å². The first kappa shape index (κ1) is 33.2. The molecule has 0 aliphatic rings. The van der Waals surface area contributed by atoms with Crippen LogP contribution in [0.4, 0.5) is 25.0 Å². The van der Waals surface area contributed by atoms with Gasteiger partial charge in [-0.05, 0) is 76.7 Å². The number of hydrogen-bond donors (Lipinski definition) is 3. The number of rotatable bonds is 12. The lowest BCUT2D eigenvalue weighted by Crippen LogP contribution is -2.44. The fourth-order valence-corrected chi connectivity index (χ4v) is 4.23. The van der Waals surface area contributed by atoms with Crippen LogP contribution in [0.1, 0.15) is 17.5 Å². The SMILES string of the molecule is COC(=O)CCOC(=O)Nc1ccc(NC(=O)C(Cc2cc(F)cc(F)c2)NC(=O)/C=C/c2cc(Cl)ccc2-n2cnnn2)cc1. The summed E-state index contributed by atoms with van der Waals surface area (Å²) in [7, 11) is 1.22. The zero-order chi connectivity index (χ0) is 33.1. The van der Waals surface area contributed by atoms with Crippen LogP contribution in [0.15, 0.2) is 73.1 Å². The number of methoxy groups -OCH3 is 1. The van der Waals surface area contributed by atoms with Crippen LogP contribution in [0.2, 0.25) is 5.02 Å². The first-order chi connectivity index (χ1) is 22.1. The second-order valence-corrected chi connectivity index (χ2v) is 9.92. The highest BCUT2D eigenvalue weighted by Crippen LogP contribution is 2.21. The molecule has 46 heavy (non-hydrogen) atoms. The summed E-state index contributed by atoms with van der Waals surface area (Å²) in [4.78, 5) is 49.3. The van der Waals surface area contributed by atoms with E-state index in [-0.39, 0.29) is 25.0 Å². The second kappa shape index (κ2) is 15.9. The normalized spacial score (nSPS) is 11.5. The number of anilines is 2. The summed E-state index contributed by atoms with van der Waals surface area (Å²) in [5.41, 5.74) is 1.76. The third-order valence-corrected chi connectivity index (χ3v) is 6.40. The molecule has 3 N–H and O–H groups in total. The number of amides is 3. The average Bonchev–Trinajstić information content (AvgIpc) is 3.55. The average molecular weight is 654 g/mol. The summed E-state index contributed by atoms with van der Waals surface area (Å²) in [5.74, 6) is -3.60. The van der Waals surface area contributed by atoms with Crippen molar-refractivity contribution in [3.63, 3.8) is 0 Å². The predicted octanol–water partition coefficient (Wildman–Crippen LogP) is 4.08. The van der Waals surface area contributed by atoms with Crippen LogP contribution in [0.3, 0.4) is 0 Å². The molecule has 0 fully saturated rings. The number of ether oxygens (including phenoxy) is 2. The van der Waals surface area contributed by atoms with Gasteiger partial charge in [0.1, 0.15) is 30.6 Å². The Morgan fingerprint density at radius 2 is 1.67 bits per heavy atom. The molecule has 0 aliphatic heterocycles. The first-order valence-corrected chi connectivity index (χ1v) is 13.9. The Balaban J connectivity index is 1.45. The van der Waals surface area contributed by atoms with Gasteiger partial charge in [0.15, 0.2) is 0 Å². The van der Waals surface area contributed by atoms with E-state index in [1.165, 1.54) is 48.5 Å². The summed E-state index contributed by atoms with van der Waals surface area (Å²) >= 11 is 6.13. The minimum atomic E-state index is -1.26. The number of halogens is 3. The Morgan fingerprint density at radius 3 is 2.33 bits per heavy atom. The van der Waals surface area contributed by atoms with Gasteiger partial charge >= 0.3 is 12.1 Å². The van der Waals surface area contributed by atoms with Crippen molar-refractivity contribution in [2.24, 2.45) is 0 Å². The molecule has 13 nitrogen and oxygen atoms in total. The quantitative estimate of drug-likeness (QED) is 0.151. The molecule has 0 spiro atoms. The third-order valence-electron chi connectivity index (χ3n) is 6.16. The van der Waals surface area contributed by atoms with Crippen molar-refractivity contribution < 1.29 is 37.4 Å². The van der Waals surface area contributed by atoms with Crippen molar-refractivity contribution >= 4 is 52.9 Å². The number of nitrogens with zero attached hydrogens (tertiary/aromatic N) is 4. The van der Waals surface area contributed by atoms with Crippen molar-refractivity contribution in [1.29, 1.82) is 0 Å². The number of carbonyl (C=O) groups excluding carboxylic acids is 4. The lowest BCUT2D eigenvalue weighted by molar-refractivity contribution is -0.141. The summed E-state index contributed by atoms with van der Waals surface area (Å²) in [6, 6.07) is 12.3. The Kier molecular flexibility index (Phi) is 11.4. The van der Waals surface area contributed by atoms with Crippen molar-refractivity contribution in [3.05, 3.63) is 101 Å². The number of esters is 1. The van der Waals surface area contributed by atoms with Gasteiger partial charge in [0.2, 0.25) is 11.8 Å². The minimum Gasteiger partial charge on any atom is -0.469 e. The maximum atomic E-state index is 13.9. The lowest BCUT2D eigenvalue weighted by atomic mass is 10.0. The van der Waals surface area contributed by atoms with Gasteiger partial charge in [0.25, 0.3) is 0 Å². The molecule has 0 saturated carbocycles. The molecule has 16 heteroatoms. The van der Waals surface area contributed by atoms with Gasteiger partial charge in [0.05, 0.1) is 19.2 Å². The van der Waals surface area contributed by atoms with Crippen LogP contribution in [0.5, 0.6) is 0 Å². The molecule has 4 aromatic rings. The van der Waals surface area contributed by atoms with E-state index in [1.54, 1.807) is 18.2 Å². The smallest absolute Gasteiger partial charge is 0.411 e. The maximum Gasteiger partial charge on any atom is 0.411 e. The van der Waals surface area contributed by atoms with E-state index < -0.39 is 41.6 Å². The van der Waals surface area contributed by atoms with E-state index in [1.807, 2.05) is 0 Å². The molecule has 238 valence electrons. The summed E-state index contributed by atoms with van der Waals surface area (Å²) < 4.78 is 38.6. The Bertz CT molecular complexity index is 1720. The number of carbonyl (C=O) groups is 4. The number of tetrazole rings is 1. The zero-order valence-corrected chi connectivity index (χ0v) is 24.8. The highest BCUT2D eigenvalue weighted by atomic mass is 35.5. The fourth-order valence-electron chi connectivity index (χ4n) is 4.05. The number of benzene rings is 3. The monoisotopic (exact) mass is 653 g/mol. The fraction of sp³-hybridized carbons (Fsp3) is 0.167. The first-order valence-electron chi connectivity index (χ1n) is 13.5.